The molecule has 0 aliphatic carbocycles. The smallest absolute Gasteiger partial charge is 0.265 e. The fraction of sp³-hybridized carbons (Fsp3) is 0.200. The van der Waals surface area contributed by atoms with Crippen LogP contribution in [0.1, 0.15) is 38.9 Å². The van der Waals surface area contributed by atoms with Crippen LogP contribution in [0.5, 0.6) is 0 Å². The molecule has 0 bridgehead atoms. The Balaban J connectivity index is 1.55. The summed E-state index contributed by atoms with van der Waals surface area (Å²) in [6.07, 6.45) is 0.943. The number of fused-ring (bicyclic) bond motifs is 1. The number of rotatable bonds is 7. The van der Waals surface area contributed by atoms with Crippen LogP contribution in [0.25, 0.3) is 10.1 Å². The Labute approximate surface area is 156 Å². The molecule has 0 saturated carbocycles. The predicted octanol–water partition coefficient (Wildman–Crippen LogP) is 3.48. The summed E-state index contributed by atoms with van der Waals surface area (Å²) >= 11 is 1.48. The van der Waals surface area contributed by atoms with E-state index in [1.807, 2.05) is 49.4 Å². The lowest BCUT2D eigenvalue weighted by atomic mass is 10.1. The summed E-state index contributed by atoms with van der Waals surface area (Å²) in [5, 5.41) is 4.00. The quantitative estimate of drug-likeness (QED) is 0.442. The maximum absolute atomic E-state index is 12.3. The molecule has 0 fully saturated rings. The number of amides is 2. The fourth-order valence-corrected chi connectivity index (χ4v) is 3.46. The van der Waals surface area contributed by atoms with Crippen LogP contribution in [0.15, 0.2) is 54.6 Å². The summed E-state index contributed by atoms with van der Waals surface area (Å²) in [5.74, 6) is -0.254. The highest BCUT2D eigenvalue weighted by molar-refractivity contribution is 7.20. The van der Waals surface area contributed by atoms with Gasteiger partial charge in [-0.3, -0.25) is 15.0 Å². The second-order valence-electron chi connectivity index (χ2n) is 5.91. The lowest BCUT2D eigenvalue weighted by molar-refractivity contribution is 0.0930. The number of carbonyl (C=O) groups is 2. The van der Waals surface area contributed by atoms with Crippen molar-refractivity contribution >= 4 is 33.2 Å². The maximum Gasteiger partial charge on any atom is 0.265 e. The van der Waals surface area contributed by atoms with Gasteiger partial charge in [0.1, 0.15) is 0 Å². The van der Waals surface area contributed by atoms with Gasteiger partial charge in [-0.2, -0.15) is 0 Å². The highest BCUT2D eigenvalue weighted by Crippen LogP contribution is 2.25. The van der Waals surface area contributed by atoms with E-state index in [0.717, 1.165) is 28.6 Å². The third-order valence-electron chi connectivity index (χ3n) is 3.90. The first-order valence-electron chi connectivity index (χ1n) is 8.56. The van der Waals surface area contributed by atoms with Crippen molar-refractivity contribution in [2.45, 2.75) is 19.9 Å². The first kappa shape index (κ1) is 18.1. The molecule has 2 amide bonds. The molecule has 3 rings (SSSR count). The standard InChI is InChI=1S/C20H21N3O2S/c1-2-11-22-23-19(24)15-9-7-14(8-10-15)13-21-20(25)18-12-16-5-3-4-6-17(16)26-18/h3-10,12,22H,2,11,13H2,1H3,(H,21,25)(H,23,24). The largest absolute Gasteiger partial charge is 0.347 e. The first-order valence-corrected chi connectivity index (χ1v) is 9.38. The molecule has 1 heterocycles. The van der Waals surface area contributed by atoms with Crippen molar-refractivity contribution in [3.63, 3.8) is 0 Å². The van der Waals surface area contributed by atoms with Crippen LogP contribution in [0.2, 0.25) is 0 Å². The Morgan fingerprint density at radius 3 is 2.50 bits per heavy atom. The molecule has 26 heavy (non-hydrogen) atoms. The lowest BCUT2D eigenvalue weighted by Gasteiger charge is -2.07. The molecule has 5 nitrogen and oxygen atoms in total. The molecular formula is C20H21N3O2S. The molecule has 0 spiro atoms. The van der Waals surface area contributed by atoms with Gasteiger partial charge in [0.05, 0.1) is 4.88 Å². The molecule has 0 atom stereocenters. The summed E-state index contributed by atoms with van der Waals surface area (Å²) in [5.41, 5.74) is 7.03. The monoisotopic (exact) mass is 367 g/mol. The van der Waals surface area contributed by atoms with E-state index in [1.165, 1.54) is 11.3 Å². The van der Waals surface area contributed by atoms with Crippen LogP contribution < -0.4 is 16.2 Å². The molecule has 3 N–H and O–H groups in total. The molecule has 0 aliphatic rings. The Morgan fingerprint density at radius 1 is 1.00 bits per heavy atom. The van der Waals surface area contributed by atoms with Crippen molar-refractivity contribution in [2.24, 2.45) is 0 Å². The zero-order valence-corrected chi connectivity index (χ0v) is 15.4. The normalized spacial score (nSPS) is 10.7. The highest BCUT2D eigenvalue weighted by atomic mass is 32.1. The van der Waals surface area contributed by atoms with Gasteiger partial charge in [-0.05, 0) is 41.6 Å². The summed E-state index contributed by atoms with van der Waals surface area (Å²) in [6.45, 7) is 3.18. The lowest BCUT2D eigenvalue weighted by Crippen LogP contribution is -2.37. The van der Waals surface area contributed by atoms with Crippen molar-refractivity contribution < 1.29 is 9.59 Å². The number of benzene rings is 2. The number of carbonyl (C=O) groups excluding carboxylic acids is 2. The SMILES string of the molecule is CCCNNC(=O)c1ccc(CNC(=O)c2cc3ccccc3s2)cc1. The molecule has 0 saturated heterocycles. The van der Waals surface area contributed by atoms with Gasteiger partial charge in [0.2, 0.25) is 0 Å². The zero-order valence-electron chi connectivity index (χ0n) is 14.5. The van der Waals surface area contributed by atoms with Gasteiger partial charge < -0.3 is 5.32 Å². The van der Waals surface area contributed by atoms with Crippen LogP contribution in [-0.2, 0) is 6.54 Å². The van der Waals surface area contributed by atoms with Gasteiger partial charge >= 0.3 is 0 Å². The number of nitrogens with one attached hydrogen (secondary N) is 3. The van der Waals surface area contributed by atoms with Crippen LogP contribution in [0.4, 0.5) is 0 Å². The summed E-state index contributed by atoms with van der Waals surface area (Å²) in [4.78, 5) is 25.0. The summed E-state index contributed by atoms with van der Waals surface area (Å²) < 4.78 is 1.10. The average Bonchev–Trinajstić information content (AvgIpc) is 3.11. The maximum atomic E-state index is 12.3. The van der Waals surface area contributed by atoms with Gasteiger partial charge in [-0.1, -0.05) is 37.3 Å². The van der Waals surface area contributed by atoms with Crippen molar-refractivity contribution in [3.05, 3.63) is 70.6 Å². The van der Waals surface area contributed by atoms with E-state index in [-0.39, 0.29) is 11.8 Å². The Hall–Kier alpha value is -2.70. The van der Waals surface area contributed by atoms with Crippen LogP contribution in [0.3, 0.4) is 0 Å². The molecule has 134 valence electrons. The minimum Gasteiger partial charge on any atom is -0.347 e. The minimum atomic E-state index is -0.167. The van der Waals surface area contributed by atoms with E-state index in [2.05, 4.69) is 16.2 Å². The molecule has 0 unspecified atom stereocenters. The minimum absolute atomic E-state index is 0.0863. The van der Waals surface area contributed by atoms with Crippen molar-refractivity contribution in [3.8, 4) is 0 Å². The van der Waals surface area contributed by atoms with Gasteiger partial charge in [-0.25, -0.2) is 5.43 Å². The Kier molecular flexibility index (Phi) is 5.99. The third kappa shape index (κ3) is 4.47. The van der Waals surface area contributed by atoms with Crippen LogP contribution >= 0.6 is 11.3 Å². The van der Waals surface area contributed by atoms with Gasteiger partial charge in [0.15, 0.2) is 0 Å². The van der Waals surface area contributed by atoms with E-state index in [1.54, 1.807) is 12.1 Å². The molecule has 6 heteroatoms. The van der Waals surface area contributed by atoms with Crippen LogP contribution in [0, 0.1) is 0 Å². The Morgan fingerprint density at radius 2 is 1.77 bits per heavy atom. The third-order valence-corrected chi connectivity index (χ3v) is 5.01. The zero-order chi connectivity index (χ0) is 18.4. The predicted molar refractivity (Wildman–Crippen MR) is 105 cm³/mol. The fourth-order valence-electron chi connectivity index (χ4n) is 2.48. The van der Waals surface area contributed by atoms with Gasteiger partial charge in [0.25, 0.3) is 11.8 Å². The number of hydrogen-bond acceptors (Lipinski definition) is 4. The van der Waals surface area contributed by atoms with E-state index in [0.29, 0.717) is 17.0 Å². The molecular weight excluding hydrogens is 346 g/mol. The van der Waals surface area contributed by atoms with Crippen molar-refractivity contribution in [1.29, 1.82) is 0 Å². The molecule has 3 aromatic rings. The molecule has 2 aromatic carbocycles. The number of hydrogen-bond donors (Lipinski definition) is 3. The van der Waals surface area contributed by atoms with Crippen molar-refractivity contribution in [2.75, 3.05) is 6.54 Å². The van der Waals surface area contributed by atoms with Crippen LogP contribution in [-0.4, -0.2) is 18.4 Å². The summed E-state index contributed by atoms with van der Waals surface area (Å²) in [6, 6.07) is 17.1. The molecule has 0 aliphatic heterocycles. The van der Waals surface area contributed by atoms with Crippen molar-refractivity contribution in [1.82, 2.24) is 16.2 Å². The van der Waals surface area contributed by atoms with E-state index in [9.17, 15) is 9.59 Å². The number of thiophene rings is 1. The molecule has 0 radical (unpaired) electrons. The topological polar surface area (TPSA) is 70.2 Å². The van der Waals surface area contributed by atoms with E-state index >= 15 is 0 Å². The van der Waals surface area contributed by atoms with E-state index in [4.69, 9.17) is 0 Å². The second-order valence-corrected chi connectivity index (χ2v) is 6.99. The average molecular weight is 367 g/mol. The first-order chi connectivity index (χ1) is 12.7. The van der Waals surface area contributed by atoms with E-state index < -0.39 is 0 Å². The molecule has 1 aromatic heterocycles. The second kappa shape index (κ2) is 8.60. The highest BCUT2D eigenvalue weighted by Gasteiger charge is 2.10. The van der Waals surface area contributed by atoms with Gasteiger partial charge in [-0.15, -0.1) is 11.3 Å². The van der Waals surface area contributed by atoms with Gasteiger partial charge in [0, 0.05) is 23.4 Å². The number of hydrazine groups is 1. The Bertz CT molecular complexity index is 870. The summed E-state index contributed by atoms with van der Waals surface area (Å²) in [7, 11) is 0.